The third-order valence-corrected chi connectivity index (χ3v) is 5.37. The van der Waals surface area contributed by atoms with Gasteiger partial charge < -0.3 is 19.7 Å². The molecular weight excluding hydrogens is 378 g/mol. The van der Waals surface area contributed by atoms with Crippen molar-refractivity contribution in [3.63, 3.8) is 0 Å². The Labute approximate surface area is 175 Å². The second-order valence-corrected chi connectivity index (χ2v) is 7.81. The molecule has 0 aliphatic carbocycles. The molecule has 2 aromatic heterocycles. The zero-order valence-corrected chi connectivity index (χ0v) is 17.2. The fraction of sp³-hybridized carbons (Fsp3) is 0.364. The molecular formula is C22H25N7O. The fourth-order valence-electron chi connectivity index (χ4n) is 3.84. The SMILES string of the molecule is CN(C)CC(=O)N1CCC(Nc2nccc(-n3ccc4c(C#N)cccc43)n2)CC1. The molecule has 1 N–H and O–H groups in total. The minimum absolute atomic E-state index is 0.174. The lowest BCUT2D eigenvalue weighted by Crippen LogP contribution is -2.45. The van der Waals surface area contributed by atoms with Gasteiger partial charge in [-0.25, -0.2) is 4.98 Å². The van der Waals surface area contributed by atoms with Crippen LogP contribution in [0, 0.1) is 11.3 Å². The summed E-state index contributed by atoms with van der Waals surface area (Å²) in [7, 11) is 3.82. The van der Waals surface area contributed by atoms with Gasteiger partial charge in [-0.3, -0.25) is 4.79 Å². The van der Waals surface area contributed by atoms with Crippen molar-refractivity contribution in [3.05, 3.63) is 48.3 Å². The number of amides is 1. The summed E-state index contributed by atoms with van der Waals surface area (Å²) < 4.78 is 1.96. The Kier molecular flexibility index (Phi) is 5.63. The Hall–Kier alpha value is -3.44. The number of benzene rings is 1. The molecule has 4 rings (SSSR count). The van der Waals surface area contributed by atoms with Gasteiger partial charge in [0.25, 0.3) is 0 Å². The summed E-state index contributed by atoms with van der Waals surface area (Å²) in [6.45, 7) is 1.92. The molecule has 0 radical (unpaired) electrons. The summed E-state index contributed by atoms with van der Waals surface area (Å²) in [6.07, 6.45) is 5.39. The van der Waals surface area contributed by atoms with Gasteiger partial charge in [-0.15, -0.1) is 0 Å². The minimum atomic E-state index is 0.174. The lowest BCUT2D eigenvalue weighted by molar-refractivity contribution is -0.132. The standard InChI is InChI=1S/C22H25N7O/c1-27(2)15-21(30)28-11-7-17(8-12-28)25-22-24-10-6-20(26-22)29-13-9-18-16(14-23)4-3-5-19(18)29/h3-6,9-10,13,17H,7-8,11-12,15H2,1-2H3,(H,24,25,26). The van der Waals surface area contributed by atoms with Gasteiger partial charge >= 0.3 is 0 Å². The average Bonchev–Trinajstić information content (AvgIpc) is 3.18. The number of nitrogens with zero attached hydrogens (tertiary/aromatic N) is 6. The number of likely N-dealkylation sites (tertiary alicyclic amines) is 1. The minimum Gasteiger partial charge on any atom is -0.351 e. The van der Waals surface area contributed by atoms with Crippen LogP contribution in [0.3, 0.4) is 0 Å². The Balaban J connectivity index is 1.45. The van der Waals surface area contributed by atoms with Crippen LogP contribution in [-0.2, 0) is 4.79 Å². The van der Waals surface area contributed by atoms with E-state index < -0.39 is 0 Å². The van der Waals surface area contributed by atoms with Crippen LogP contribution in [0.2, 0.25) is 0 Å². The second kappa shape index (κ2) is 8.51. The molecule has 154 valence electrons. The average molecular weight is 403 g/mol. The van der Waals surface area contributed by atoms with E-state index in [1.165, 1.54) is 0 Å². The van der Waals surface area contributed by atoms with Crippen LogP contribution >= 0.6 is 0 Å². The molecule has 8 nitrogen and oxygen atoms in total. The Morgan fingerprint density at radius 2 is 2.07 bits per heavy atom. The smallest absolute Gasteiger partial charge is 0.236 e. The predicted octanol–water partition coefficient (Wildman–Crippen LogP) is 2.26. The Bertz CT molecular complexity index is 1090. The third-order valence-electron chi connectivity index (χ3n) is 5.37. The van der Waals surface area contributed by atoms with E-state index in [-0.39, 0.29) is 11.9 Å². The number of nitriles is 1. The molecule has 0 unspecified atom stereocenters. The fourth-order valence-corrected chi connectivity index (χ4v) is 3.84. The number of anilines is 1. The van der Waals surface area contributed by atoms with Crippen molar-refractivity contribution in [2.75, 3.05) is 39.0 Å². The molecule has 30 heavy (non-hydrogen) atoms. The maximum Gasteiger partial charge on any atom is 0.236 e. The van der Waals surface area contributed by atoms with Crippen molar-refractivity contribution in [2.24, 2.45) is 0 Å². The van der Waals surface area contributed by atoms with Crippen LogP contribution in [0.4, 0.5) is 5.95 Å². The zero-order chi connectivity index (χ0) is 21.1. The van der Waals surface area contributed by atoms with Crippen molar-refractivity contribution in [1.82, 2.24) is 24.3 Å². The van der Waals surface area contributed by atoms with E-state index in [0.29, 0.717) is 18.1 Å². The van der Waals surface area contributed by atoms with E-state index in [1.54, 1.807) is 6.20 Å². The highest BCUT2D eigenvalue weighted by atomic mass is 16.2. The van der Waals surface area contributed by atoms with Crippen LogP contribution < -0.4 is 5.32 Å². The molecule has 1 aliphatic heterocycles. The number of nitrogens with one attached hydrogen (secondary N) is 1. The zero-order valence-electron chi connectivity index (χ0n) is 17.2. The number of fused-ring (bicyclic) bond motifs is 1. The van der Waals surface area contributed by atoms with Gasteiger partial charge in [0.2, 0.25) is 11.9 Å². The van der Waals surface area contributed by atoms with Crippen LogP contribution in [0.15, 0.2) is 42.7 Å². The predicted molar refractivity (Wildman–Crippen MR) is 115 cm³/mol. The van der Waals surface area contributed by atoms with Gasteiger partial charge in [0, 0.05) is 36.9 Å². The van der Waals surface area contributed by atoms with E-state index >= 15 is 0 Å². The lowest BCUT2D eigenvalue weighted by atomic mass is 10.1. The molecule has 1 fully saturated rings. The third kappa shape index (κ3) is 4.11. The van der Waals surface area contributed by atoms with Gasteiger partial charge in [-0.1, -0.05) is 6.07 Å². The number of piperidine rings is 1. The molecule has 0 bridgehead atoms. The second-order valence-electron chi connectivity index (χ2n) is 7.81. The molecule has 8 heteroatoms. The molecule has 0 spiro atoms. The Morgan fingerprint density at radius 1 is 1.27 bits per heavy atom. The molecule has 1 aromatic carbocycles. The molecule has 1 aliphatic rings. The van der Waals surface area contributed by atoms with Gasteiger partial charge in [0.1, 0.15) is 5.82 Å². The van der Waals surface area contributed by atoms with Crippen LogP contribution in [-0.4, -0.2) is 70.0 Å². The maximum atomic E-state index is 12.2. The van der Waals surface area contributed by atoms with E-state index in [2.05, 4.69) is 21.4 Å². The first kappa shape index (κ1) is 19.9. The molecule has 1 amide bonds. The van der Waals surface area contributed by atoms with Crippen LogP contribution in [0.25, 0.3) is 16.7 Å². The van der Waals surface area contributed by atoms with Crippen molar-refractivity contribution in [2.45, 2.75) is 18.9 Å². The number of likely N-dealkylation sites (N-methyl/N-ethyl adjacent to an activating group) is 1. The van der Waals surface area contributed by atoms with Crippen LogP contribution in [0.1, 0.15) is 18.4 Å². The summed E-state index contributed by atoms with van der Waals surface area (Å²) in [4.78, 5) is 25.1. The molecule has 0 saturated carbocycles. The lowest BCUT2D eigenvalue weighted by Gasteiger charge is -2.33. The Morgan fingerprint density at radius 3 is 2.80 bits per heavy atom. The van der Waals surface area contributed by atoms with Gasteiger partial charge in [-0.05, 0) is 51.2 Å². The summed E-state index contributed by atoms with van der Waals surface area (Å²) in [6, 6.07) is 11.9. The largest absolute Gasteiger partial charge is 0.351 e. The van der Waals surface area contributed by atoms with E-state index in [1.807, 2.05) is 65.0 Å². The highest BCUT2D eigenvalue weighted by Gasteiger charge is 2.23. The van der Waals surface area contributed by atoms with Crippen molar-refractivity contribution in [3.8, 4) is 11.9 Å². The topological polar surface area (TPSA) is 90.1 Å². The number of aromatic nitrogens is 3. The first-order valence-electron chi connectivity index (χ1n) is 10.1. The van der Waals surface area contributed by atoms with Crippen molar-refractivity contribution >= 4 is 22.8 Å². The highest BCUT2D eigenvalue weighted by molar-refractivity contribution is 5.87. The molecule has 0 atom stereocenters. The first-order chi connectivity index (χ1) is 14.5. The van der Waals surface area contributed by atoms with E-state index in [0.717, 1.165) is 42.7 Å². The number of hydrogen-bond acceptors (Lipinski definition) is 6. The normalized spacial score (nSPS) is 14.8. The molecule has 3 heterocycles. The maximum absolute atomic E-state index is 12.2. The monoisotopic (exact) mass is 403 g/mol. The van der Waals surface area contributed by atoms with Gasteiger partial charge in [0.05, 0.1) is 23.7 Å². The first-order valence-corrected chi connectivity index (χ1v) is 10.1. The summed E-state index contributed by atoms with van der Waals surface area (Å²) in [5.74, 6) is 1.49. The van der Waals surface area contributed by atoms with Gasteiger partial charge in [-0.2, -0.15) is 10.2 Å². The van der Waals surface area contributed by atoms with E-state index in [9.17, 15) is 10.1 Å². The number of rotatable bonds is 5. The number of hydrogen-bond donors (Lipinski definition) is 1. The number of carbonyl (C=O) groups excluding carboxylic acids is 1. The summed E-state index contributed by atoms with van der Waals surface area (Å²) in [5.41, 5.74) is 1.58. The van der Waals surface area contributed by atoms with Crippen molar-refractivity contribution < 1.29 is 4.79 Å². The quantitative estimate of drug-likeness (QED) is 0.703. The van der Waals surface area contributed by atoms with Gasteiger partial charge in [0.15, 0.2) is 0 Å². The van der Waals surface area contributed by atoms with Crippen molar-refractivity contribution in [1.29, 1.82) is 5.26 Å². The molecule has 1 saturated heterocycles. The van der Waals surface area contributed by atoms with E-state index in [4.69, 9.17) is 0 Å². The molecule has 3 aromatic rings. The van der Waals surface area contributed by atoms with Crippen LogP contribution in [0.5, 0.6) is 0 Å². The number of carbonyl (C=O) groups is 1. The highest BCUT2D eigenvalue weighted by Crippen LogP contribution is 2.23. The summed E-state index contributed by atoms with van der Waals surface area (Å²) >= 11 is 0. The summed E-state index contributed by atoms with van der Waals surface area (Å²) in [5, 5.41) is 13.6.